The number of hydrogen-bond acceptors (Lipinski definition) is 3. The lowest BCUT2D eigenvalue weighted by Crippen LogP contribution is -2.23. The van der Waals surface area contributed by atoms with Crippen LogP contribution in [0.25, 0.3) is 0 Å². The highest BCUT2D eigenvalue weighted by Gasteiger charge is 2.14. The summed E-state index contributed by atoms with van der Waals surface area (Å²) in [7, 11) is 0. The Kier molecular flexibility index (Phi) is 12.3. The molecule has 0 aliphatic carbocycles. The van der Waals surface area contributed by atoms with E-state index in [0.29, 0.717) is 36.1 Å². The molecule has 0 aromatic heterocycles. The first-order chi connectivity index (χ1) is 19.2. The quantitative estimate of drug-likeness (QED) is 0.180. The number of benzene rings is 3. The topological polar surface area (TPSA) is 75.6 Å². The van der Waals surface area contributed by atoms with E-state index in [4.69, 9.17) is 9.84 Å². The van der Waals surface area contributed by atoms with Crippen LogP contribution in [0.1, 0.15) is 97.0 Å². The molecule has 5 nitrogen and oxygen atoms in total. The normalized spacial score (nSPS) is 11.8. The first-order valence-corrected chi connectivity index (χ1v) is 14.6. The van der Waals surface area contributed by atoms with Gasteiger partial charge < -0.3 is 15.2 Å². The van der Waals surface area contributed by atoms with Gasteiger partial charge >= 0.3 is 5.97 Å². The lowest BCUT2D eigenvalue weighted by atomic mass is 9.87. The van der Waals surface area contributed by atoms with Crippen LogP contribution in [0.5, 0.6) is 5.75 Å². The second-order valence-electron chi connectivity index (χ2n) is 11.2. The molecular formula is C35H45NO4. The van der Waals surface area contributed by atoms with E-state index in [1.165, 1.54) is 28.7 Å². The molecule has 3 rings (SSSR count). The molecule has 1 atom stereocenters. The van der Waals surface area contributed by atoms with E-state index < -0.39 is 5.97 Å². The van der Waals surface area contributed by atoms with Gasteiger partial charge in [-0.1, -0.05) is 87.4 Å². The zero-order valence-electron chi connectivity index (χ0n) is 24.5. The molecule has 3 aromatic carbocycles. The average Bonchev–Trinajstić information content (AvgIpc) is 2.92. The Hall–Kier alpha value is -3.60. The highest BCUT2D eigenvalue weighted by atomic mass is 16.5. The number of rotatable bonds is 16. The number of nitrogens with one attached hydrogen (secondary N) is 1. The number of carboxylic acids is 1. The van der Waals surface area contributed by atoms with Crippen LogP contribution in [0.3, 0.4) is 0 Å². The van der Waals surface area contributed by atoms with Gasteiger partial charge in [0.25, 0.3) is 5.91 Å². The first kappa shape index (κ1) is 30.9. The van der Waals surface area contributed by atoms with Gasteiger partial charge in [0, 0.05) is 13.0 Å². The predicted molar refractivity (Wildman–Crippen MR) is 162 cm³/mol. The van der Waals surface area contributed by atoms with E-state index >= 15 is 0 Å². The van der Waals surface area contributed by atoms with Gasteiger partial charge in [0.15, 0.2) is 0 Å². The van der Waals surface area contributed by atoms with Crippen LogP contribution >= 0.6 is 0 Å². The van der Waals surface area contributed by atoms with Crippen LogP contribution < -0.4 is 10.1 Å². The molecule has 40 heavy (non-hydrogen) atoms. The summed E-state index contributed by atoms with van der Waals surface area (Å²) < 4.78 is 5.71. The molecule has 0 radical (unpaired) electrons. The van der Waals surface area contributed by atoms with Gasteiger partial charge in [0.05, 0.1) is 12.2 Å². The summed E-state index contributed by atoms with van der Waals surface area (Å²) in [5.74, 6) is 0.601. The van der Waals surface area contributed by atoms with Crippen LogP contribution in [0, 0.1) is 12.8 Å². The average molecular weight is 544 g/mol. The van der Waals surface area contributed by atoms with Gasteiger partial charge in [0.2, 0.25) is 0 Å². The van der Waals surface area contributed by atoms with Crippen molar-refractivity contribution in [2.75, 3.05) is 6.61 Å². The van der Waals surface area contributed by atoms with E-state index in [0.717, 1.165) is 31.2 Å². The fourth-order valence-corrected chi connectivity index (χ4v) is 5.22. The zero-order valence-corrected chi connectivity index (χ0v) is 24.5. The molecule has 0 heterocycles. The minimum Gasteiger partial charge on any atom is -0.493 e. The molecule has 0 saturated heterocycles. The Bertz CT molecular complexity index is 1230. The van der Waals surface area contributed by atoms with E-state index in [1.54, 1.807) is 18.2 Å². The molecule has 0 saturated carbocycles. The van der Waals surface area contributed by atoms with Crippen molar-refractivity contribution in [2.24, 2.45) is 5.92 Å². The van der Waals surface area contributed by atoms with E-state index in [-0.39, 0.29) is 18.9 Å². The minimum absolute atomic E-state index is 0.0355. The predicted octanol–water partition coefficient (Wildman–Crippen LogP) is 7.88. The molecule has 0 spiro atoms. The van der Waals surface area contributed by atoms with E-state index in [1.807, 2.05) is 6.07 Å². The second-order valence-corrected chi connectivity index (χ2v) is 11.2. The Labute approximate surface area is 240 Å². The molecular weight excluding hydrogens is 498 g/mol. The molecule has 0 aliphatic heterocycles. The minimum atomic E-state index is -0.858. The SMILES string of the molecule is CCCC(CCc1cc(C)cc(CNC(=O)c2ccccc2OCCCC(=O)O)c1)c1ccc(CC(C)C)cc1. The van der Waals surface area contributed by atoms with Crippen LogP contribution in [0.4, 0.5) is 0 Å². The lowest BCUT2D eigenvalue weighted by Gasteiger charge is -2.18. The van der Waals surface area contributed by atoms with Crippen LogP contribution in [0.15, 0.2) is 66.7 Å². The number of aliphatic carboxylic acids is 1. The number of amides is 1. The molecule has 3 aromatic rings. The summed E-state index contributed by atoms with van der Waals surface area (Å²) in [6, 6.07) is 22.9. The standard InChI is InChI=1S/C35H45NO4/c1-5-9-30(31-16-13-27(14-17-31)20-25(2)3)18-15-28-21-26(4)22-29(23-28)24-36-35(39)32-10-6-7-11-33(32)40-19-8-12-34(37)38/h6-7,10-11,13-14,16-17,21-23,25,30H,5,8-9,12,15,18-20,24H2,1-4H3,(H,36,39)(H,37,38). The Morgan fingerprint density at radius 1 is 0.925 bits per heavy atom. The van der Waals surface area contributed by atoms with Gasteiger partial charge in [-0.3, -0.25) is 9.59 Å². The first-order valence-electron chi connectivity index (χ1n) is 14.6. The summed E-state index contributed by atoms with van der Waals surface area (Å²) in [6.07, 6.45) is 5.97. The molecule has 2 N–H and O–H groups in total. The Morgan fingerprint density at radius 2 is 1.65 bits per heavy atom. The summed E-state index contributed by atoms with van der Waals surface area (Å²) in [4.78, 5) is 23.7. The maximum Gasteiger partial charge on any atom is 0.303 e. The number of hydrogen-bond donors (Lipinski definition) is 2. The van der Waals surface area contributed by atoms with Gasteiger partial charge in [-0.2, -0.15) is 0 Å². The van der Waals surface area contributed by atoms with Gasteiger partial charge in [0.1, 0.15) is 5.75 Å². The van der Waals surface area contributed by atoms with Crippen molar-refractivity contribution >= 4 is 11.9 Å². The fourth-order valence-electron chi connectivity index (χ4n) is 5.22. The summed E-state index contributed by atoms with van der Waals surface area (Å²) in [6.45, 7) is 9.56. The van der Waals surface area contributed by atoms with Crippen molar-refractivity contribution in [3.05, 3.63) is 100 Å². The highest BCUT2D eigenvalue weighted by Crippen LogP contribution is 2.28. The smallest absolute Gasteiger partial charge is 0.303 e. The molecule has 1 amide bonds. The largest absolute Gasteiger partial charge is 0.493 e. The second kappa shape index (κ2) is 15.9. The van der Waals surface area contributed by atoms with Crippen LogP contribution in [-0.4, -0.2) is 23.6 Å². The van der Waals surface area contributed by atoms with Crippen LogP contribution in [0.2, 0.25) is 0 Å². The number of carboxylic acid groups (broad SMARTS) is 1. The molecule has 1 unspecified atom stereocenters. The Morgan fingerprint density at radius 3 is 2.35 bits per heavy atom. The maximum absolute atomic E-state index is 13.0. The van der Waals surface area contributed by atoms with Crippen molar-refractivity contribution in [1.29, 1.82) is 0 Å². The molecule has 0 bridgehead atoms. The van der Waals surface area contributed by atoms with Gasteiger partial charge in [-0.15, -0.1) is 0 Å². The third-order valence-corrected chi connectivity index (χ3v) is 7.09. The number of para-hydroxylation sites is 1. The summed E-state index contributed by atoms with van der Waals surface area (Å²) >= 11 is 0. The monoisotopic (exact) mass is 543 g/mol. The van der Waals surface area contributed by atoms with Crippen molar-refractivity contribution in [3.63, 3.8) is 0 Å². The molecule has 0 aliphatic rings. The fraction of sp³-hybridized carbons (Fsp3) is 0.429. The maximum atomic E-state index is 13.0. The van der Waals surface area contributed by atoms with Crippen LogP contribution in [-0.2, 0) is 24.2 Å². The van der Waals surface area contributed by atoms with Crippen molar-refractivity contribution in [2.45, 2.75) is 85.1 Å². The summed E-state index contributed by atoms with van der Waals surface area (Å²) in [5.41, 5.74) is 6.85. The lowest BCUT2D eigenvalue weighted by molar-refractivity contribution is -0.137. The van der Waals surface area contributed by atoms with Crippen molar-refractivity contribution in [3.8, 4) is 5.75 Å². The number of aryl methyl sites for hydroxylation is 2. The van der Waals surface area contributed by atoms with Crippen molar-refractivity contribution < 1.29 is 19.4 Å². The third-order valence-electron chi connectivity index (χ3n) is 7.09. The highest BCUT2D eigenvalue weighted by molar-refractivity contribution is 5.96. The number of carbonyl (C=O) groups is 2. The summed E-state index contributed by atoms with van der Waals surface area (Å²) in [5, 5.41) is 11.9. The van der Waals surface area contributed by atoms with E-state index in [2.05, 4.69) is 75.5 Å². The van der Waals surface area contributed by atoms with E-state index in [9.17, 15) is 9.59 Å². The molecule has 214 valence electrons. The zero-order chi connectivity index (χ0) is 28.9. The number of carbonyl (C=O) groups excluding carboxylic acids is 1. The molecule has 0 fully saturated rings. The Balaban J connectivity index is 1.60. The molecule has 5 heteroatoms. The van der Waals surface area contributed by atoms with Gasteiger partial charge in [-0.25, -0.2) is 0 Å². The third kappa shape index (κ3) is 10.2. The van der Waals surface area contributed by atoms with Gasteiger partial charge in [-0.05, 0) is 85.3 Å². The van der Waals surface area contributed by atoms with Crippen molar-refractivity contribution in [1.82, 2.24) is 5.32 Å². The number of ether oxygens (including phenoxy) is 1.